The van der Waals surface area contributed by atoms with Gasteiger partial charge in [-0.3, -0.25) is 14.4 Å². The third kappa shape index (κ3) is 2.65. The van der Waals surface area contributed by atoms with E-state index in [0.29, 0.717) is 5.70 Å². The zero-order chi connectivity index (χ0) is 11.6. The number of rotatable bonds is 3. The van der Waals surface area contributed by atoms with Crippen LogP contribution in [-0.2, 0) is 14.4 Å². The van der Waals surface area contributed by atoms with Gasteiger partial charge in [0.2, 0.25) is 5.91 Å². The lowest BCUT2D eigenvalue weighted by atomic mass is 10.1. The van der Waals surface area contributed by atoms with E-state index in [9.17, 15) is 14.4 Å². The maximum absolute atomic E-state index is 11.4. The number of carboxylic acids is 1. The normalized spacial score (nSPS) is 22.0. The Morgan fingerprint density at radius 2 is 2.07 bits per heavy atom. The lowest BCUT2D eigenvalue weighted by molar-refractivity contribution is -0.141. The van der Waals surface area contributed by atoms with Crippen LogP contribution in [0.5, 0.6) is 0 Å². The minimum Gasteiger partial charge on any atom is -0.481 e. The Kier molecular flexibility index (Phi) is 3.24. The van der Waals surface area contributed by atoms with Crippen LogP contribution in [0.4, 0.5) is 0 Å². The summed E-state index contributed by atoms with van der Waals surface area (Å²) in [5, 5.41) is 8.75. The number of carbonyl (C=O) groups is 3. The molecule has 15 heavy (non-hydrogen) atoms. The van der Waals surface area contributed by atoms with E-state index in [1.165, 1.54) is 17.9 Å². The van der Waals surface area contributed by atoms with Crippen molar-refractivity contribution in [1.29, 1.82) is 0 Å². The summed E-state index contributed by atoms with van der Waals surface area (Å²) in [7, 11) is 0. The minimum absolute atomic E-state index is 0.0123. The molecule has 1 N–H and O–H groups in total. The van der Waals surface area contributed by atoms with Crippen LogP contribution < -0.4 is 0 Å². The number of likely N-dealkylation sites (tertiary alicyclic amines) is 1. The Hall–Kier alpha value is -1.65. The number of ketones is 1. The monoisotopic (exact) mass is 211 g/mol. The van der Waals surface area contributed by atoms with Crippen molar-refractivity contribution in [3.05, 3.63) is 11.8 Å². The number of carboxylic acid groups (broad SMARTS) is 1. The van der Waals surface area contributed by atoms with Crippen molar-refractivity contribution in [3.8, 4) is 0 Å². The van der Waals surface area contributed by atoms with Crippen molar-refractivity contribution in [2.75, 3.05) is 6.54 Å². The molecule has 1 atom stereocenters. The summed E-state index contributed by atoms with van der Waals surface area (Å²) in [4.78, 5) is 34.2. The van der Waals surface area contributed by atoms with Crippen LogP contribution in [0.2, 0.25) is 0 Å². The lowest BCUT2D eigenvalue weighted by Crippen LogP contribution is -2.24. The Morgan fingerprint density at radius 3 is 2.47 bits per heavy atom. The van der Waals surface area contributed by atoms with E-state index in [2.05, 4.69) is 0 Å². The maximum Gasteiger partial charge on any atom is 0.308 e. The molecular formula is C10H13NO4. The van der Waals surface area contributed by atoms with E-state index in [-0.39, 0.29) is 24.7 Å². The molecule has 1 heterocycles. The first-order valence-electron chi connectivity index (χ1n) is 4.64. The van der Waals surface area contributed by atoms with Gasteiger partial charge in [0.05, 0.1) is 5.92 Å². The van der Waals surface area contributed by atoms with Crippen LogP contribution in [0.1, 0.15) is 20.3 Å². The second-order valence-electron chi connectivity index (χ2n) is 3.64. The zero-order valence-corrected chi connectivity index (χ0v) is 8.69. The minimum atomic E-state index is -0.971. The predicted molar refractivity (Wildman–Crippen MR) is 51.9 cm³/mol. The summed E-state index contributed by atoms with van der Waals surface area (Å²) in [6.07, 6.45) is 1.35. The van der Waals surface area contributed by atoms with Crippen molar-refractivity contribution in [2.24, 2.45) is 5.92 Å². The smallest absolute Gasteiger partial charge is 0.308 e. The molecule has 0 spiro atoms. The molecule has 0 aromatic rings. The zero-order valence-electron chi connectivity index (χ0n) is 8.69. The molecule has 82 valence electrons. The van der Waals surface area contributed by atoms with Gasteiger partial charge in [0.15, 0.2) is 5.78 Å². The van der Waals surface area contributed by atoms with E-state index >= 15 is 0 Å². The molecule has 0 bridgehead atoms. The molecule has 1 unspecified atom stereocenters. The highest BCUT2D eigenvalue weighted by atomic mass is 16.4. The van der Waals surface area contributed by atoms with Gasteiger partial charge in [0.25, 0.3) is 0 Å². The number of amides is 1. The summed E-state index contributed by atoms with van der Waals surface area (Å²) >= 11 is 0. The summed E-state index contributed by atoms with van der Waals surface area (Å²) in [6.45, 7) is 3.17. The molecule has 5 nitrogen and oxygen atoms in total. The summed E-state index contributed by atoms with van der Waals surface area (Å²) in [5.41, 5.74) is 0.510. The third-order valence-electron chi connectivity index (χ3n) is 2.31. The van der Waals surface area contributed by atoms with Crippen LogP contribution in [0.3, 0.4) is 0 Å². The first-order valence-corrected chi connectivity index (χ1v) is 4.64. The van der Waals surface area contributed by atoms with Crippen molar-refractivity contribution >= 4 is 17.7 Å². The van der Waals surface area contributed by atoms with Gasteiger partial charge in [-0.1, -0.05) is 0 Å². The quantitative estimate of drug-likeness (QED) is 0.686. The van der Waals surface area contributed by atoms with Crippen molar-refractivity contribution in [3.63, 3.8) is 0 Å². The SMILES string of the molecule is CC(=O)C=C(C)N1CC(C(=O)O)CC1=O. The Morgan fingerprint density at radius 1 is 1.47 bits per heavy atom. The third-order valence-corrected chi connectivity index (χ3v) is 2.31. The summed E-state index contributed by atoms with van der Waals surface area (Å²) in [5.74, 6) is -2.02. The molecule has 5 heteroatoms. The van der Waals surface area contributed by atoms with Gasteiger partial charge >= 0.3 is 5.97 Å². The van der Waals surface area contributed by atoms with E-state index in [1.54, 1.807) is 6.92 Å². The average Bonchev–Trinajstić information content (AvgIpc) is 2.46. The fourth-order valence-corrected chi connectivity index (χ4v) is 1.59. The number of aliphatic carboxylic acids is 1. The number of hydrogen-bond acceptors (Lipinski definition) is 3. The van der Waals surface area contributed by atoms with Crippen LogP contribution >= 0.6 is 0 Å². The molecule has 0 aromatic heterocycles. The average molecular weight is 211 g/mol. The van der Waals surface area contributed by atoms with E-state index < -0.39 is 11.9 Å². The van der Waals surface area contributed by atoms with Gasteiger partial charge in [0, 0.05) is 24.7 Å². The van der Waals surface area contributed by atoms with Crippen LogP contribution in [0, 0.1) is 5.92 Å². The number of nitrogens with zero attached hydrogens (tertiary/aromatic N) is 1. The highest BCUT2D eigenvalue weighted by molar-refractivity contribution is 5.91. The molecule has 1 rings (SSSR count). The van der Waals surface area contributed by atoms with Crippen LogP contribution in [0.15, 0.2) is 11.8 Å². The molecular weight excluding hydrogens is 198 g/mol. The second-order valence-corrected chi connectivity index (χ2v) is 3.64. The van der Waals surface area contributed by atoms with Gasteiger partial charge in [-0.15, -0.1) is 0 Å². The number of hydrogen-bond donors (Lipinski definition) is 1. The molecule has 0 radical (unpaired) electrons. The molecule has 1 amide bonds. The van der Waals surface area contributed by atoms with Gasteiger partial charge in [0.1, 0.15) is 0 Å². The summed E-state index contributed by atoms with van der Waals surface area (Å²) in [6, 6.07) is 0. The highest BCUT2D eigenvalue weighted by Gasteiger charge is 2.34. The molecule has 1 aliphatic heterocycles. The largest absolute Gasteiger partial charge is 0.481 e. The van der Waals surface area contributed by atoms with Gasteiger partial charge in [-0.05, 0) is 13.8 Å². The van der Waals surface area contributed by atoms with E-state index in [4.69, 9.17) is 5.11 Å². The standard InChI is InChI=1S/C10H13NO4/c1-6(3-7(2)12)11-5-8(10(14)15)4-9(11)13/h3,8H,4-5H2,1-2H3,(H,14,15). The number of carbonyl (C=O) groups excluding carboxylic acids is 2. The first kappa shape index (κ1) is 11.4. The molecule has 1 saturated heterocycles. The lowest BCUT2D eigenvalue weighted by Gasteiger charge is -2.15. The fourth-order valence-electron chi connectivity index (χ4n) is 1.59. The predicted octanol–water partition coefficient (Wildman–Crippen LogP) is 0.412. The van der Waals surface area contributed by atoms with Gasteiger partial charge in [-0.2, -0.15) is 0 Å². The van der Waals surface area contributed by atoms with Gasteiger partial charge in [-0.25, -0.2) is 0 Å². The molecule has 0 aromatic carbocycles. The number of allylic oxidation sites excluding steroid dienone is 2. The second kappa shape index (κ2) is 4.25. The summed E-state index contributed by atoms with van der Waals surface area (Å²) < 4.78 is 0. The van der Waals surface area contributed by atoms with Crippen molar-refractivity contribution < 1.29 is 19.5 Å². The molecule has 0 aliphatic carbocycles. The Balaban J connectivity index is 2.77. The van der Waals surface area contributed by atoms with Crippen LogP contribution in [-0.4, -0.2) is 34.2 Å². The van der Waals surface area contributed by atoms with Crippen molar-refractivity contribution in [2.45, 2.75) is 20.3 Å². The topological polar surface area (TPSA) is 74.7 Å². The first-order chi connectivity index (χ1) is 6.91. The van der Waals surface area contributed by atoms with Crippen molar-refractivity contribution in [1.82, 2.24) is 4.90 Å². The fraction of sp³-hybridized carbons (Fsp3) is 0.500. The van der Waals surface area contributed by atoms with Crippen LogP contribution in [0.25, 0.3) is 0 Å². The maximum atomic E-state index is 11.4. The van der Waals surface area contributed by atoms with E-state index in [0.717, 1.165) is 0 Å². The highest BCUT2D eigenvalue weighted by Crippen LogP contribution is 2.21. The van der Waals surface area contributed by atoms with Gasteiger partial charge < -0.3 is 10.0 Å². The molecule has 1 aliphatic rings. The molecule has 1 fully saturated rings. The Bertz CT molecular complexity index is 345. The Labute approximate surface area is 87.4 Å². The molecule has 0 saturated carbocycles. The van der Waals surface area contributed by atoms with E-state index in [1.807, 2.05) is 0 Å².